The Morgan fingerprint density at radius 1 is 1.41 bits per heavy atom. The Bertz CT molecular complexity index is 545. The van der Waals surface area contributed by atoms with E-state index in [9.17, 15) is 5.11 Å². The van der Waals surface area contributed by atoms with E-state index in [1.165, 1.54) is 5.56 Å². The summed E-state index contributed by atoms with van der Waals surface area (Å²) in [7, 11) is 0. The summed E-state index contributed by atoms with van der Waals surface area (Å²) < 4.78 is 5.75. The second kappa shape index (κ2) is 4.00. The number of fused-ring (bicyclic) bond motifs is 1. The molecule has 1 aromatic carbocycles. The molecule has 1 aliphatic carbocycles. The van der Waals surface area contributed by atoms with Gasteiger partial charge in [-0.15, -0.1) is 0 Å². The Labute approximate surface area is 100 Å². The number of aliphatic hydroxyl groups excluding tert-OH is 1. The van der Waals surface area contributed by atoms with E-state index in [1.807, 2.05) is 12.1 Å². The molecular formula is C14H15NO2. The monoisotopic (exact) mass is 229 g/mol. The smallest absolute Gasteiger partial charge is 0.226 e. The quantitative estimate of drug-likeness (QED) is 0.817. The molecule has 0 spiro atoms. The van der Waals surface area contributed by atoms with Crippen LogP contribution in [0.15, 0.2) is 28.7 Å². The molecule has 1 N–H and O–H groups in total. The Kier molecular flexibility index (Phi) is 2.48. The molecule has 0 amide bonds. The molecule has 0 aliphatic heterocycles. The fourth-order valence-corrected chi connectivity index (χ4v) is 2.26. The molecule has 0 bridgehead atoms. The predicted octanol–water partition coefficient (Wildman–Crippen LogP) is 2.50. The van der Waals surface area contributed by atoms with Crippen molar-refractivity contribution in [3.63, 3.8) is 0 Å². The van der Waals surface area contributed by atoms with Gasteiger partial charge in [-0.3, -0.25) is 0 Å². The molecule has 0 saturated heterocycles. The number of oxazole rings is 1. The lowest BCUT2D eigenvalue weighted by Gasteiger charge is -2.13. The van der Waals surface area contributed by atoms with E-state index in [4.69, 9.17) is 4.42 Å². The van der Waals surface area contributed by atoms with E-state index in [1.54, 1.807) is 0 Å². The Hall–Kier alpha value is -1.61. The molecule has 3 nitrogen and oxygen atoms in total. The van der Waals surface area contributed by atoms with E-state index in [-0.39, 0.29) is 6.10 Å². The van der Waals surface area contributed by atoms with Crippen LogP contribution in [0, 0.1) is 6.92 Å². The number of rotatable bonds is 1. The van der Waals surface area contributed by atoms with Crippen molar-refractivity contribution >= 4 is 0 Å². The molecule has 0 fully saturated rings. The Balaban J connectivity index is 2.00. The maximum atomic E-state index is 9.59. The van der Waals surface area contributed by atoms with Gasteiger partial charge in [0.05, 0.1) is 11.8 Å². The summed E-state index contributed by atoms with van der Waals surface area (Å²) >= 11 is 0. The number of aryl methyl sites for hydroxylation is 2. The molecular weight excluding hydrogens is 214 g/mol. The van der Waals surface area contributed by atoms with Crippen LogP contribution in [0.4, 0.5) is 0 Å². The minimum absolute atomic E-state index is 0.277. The third kappa shape index (κ3) is 1.98. The maximum absolute atomic E-state index is 9.59. The van der Waals surface area contributed by atoms with Gasteiger partial charge >= 0.3 is 0 Å². The largest absolute Gasteiger partial charge is 0.441 e. The van der Waals surface area contributed by atoms with Crippen LogP contribution in [0.1, 0.15) is 23.4 Å². The SMILES string of the molecule is Cc1cccc(-c2nc3c(o2)CC(O)CC3)c1. The fraction of sp³-hybridized carbons (Fsp3) is 0.357. The molecule has 1 aromatic heterocycles. The average molecular weight is 229 g/mol. The van der Waals surface area contributed by atoms with Crippen LogP contribution < -0.4 is 0 Å². The molecule has 3 rings (SSSR count). The van der Waals surface area contributed by atoms with Gasteiger partial charge in [0, 0.05) is 12.0 Å². The highest BCUT2D eigenvalue weighted by Gasteiger charge is 2.22. The first-order valence-corrected chi connectivity index (χ1v) is 5.96. The van der Waals surface area contributed by atoms with Crippen LogP contribution >= 0.6 is 0 Å². The summed E-state index contributed by atoms with van der Waals surface area (Å²) in [4.78, 5) is 4.52. The van der Waals surface area contributed by atoms with Crippen molar-refractivity contribution in [1.82, 2.24) is 4.98 Å². The number of nitrogens with zero attached hydrogens (tertiary/aromatic N) is 1. The van der Waals surface area contributed by atoms with Gasteiger partial charge in [-0.2, -0.15) is 0 Å². The van der Waals surface area contributed by atoms with Crippen molar-refractivity contribution in [2.24, 2.45) is 0 Å². The highest BCUT2D eigenvalue weighted by Crippen LogP contribution is 2.27. The van der Waals surface area contributed by atoms with Crippen LogP contribution in [0.25, 0.3) is 11.5 Å². The zero-order valence-electron chi connectivity index (χ0n) is 9.81. The van der Waals surface area contributed by atoms with Crippen LogP contribution in [-0.4, -0.2) is 16.2 Å². The normalized spacial score (nSPS) is 19.1. The van der Waals surface area contributed by atoms with Crippen LogP contribution in [0.2, 0.25) is 0 Å². The van der Waals surface area contributed by atoms with Crippen LogP contribution in [0.5, 0.6) is 0 Å². The summed E-state index contributed by atoms with van der Waals surface area (Å²) in [6.45, 7) is 2.05. The minimum atomic E-state index is -0.277. The fourth-order valence-electron chi connectivity index (χ4n) is 2.26. The zero-order valence-corrected chi connectivity index (χ0v) is 9.81. The number of aliphatic hydroxyl groups is 1. The molecule has 0 saturated carbocycles. The predicted molar refractivity (Wildman–Crippen MR) is 64.7 cm³/mol. The summed E-state index contributed by atoms with van der Waals surface area (Å²) in [5.41, 5.74) is 3.21. The summed E-state index contributed by atoms with van der Waals surface area (Å²) in [6, 6.07) is 8.12. The Morgan fingerprint density at radius 3 is 3.12 bits per heavy atom. The van der Waals surface area contributed by atoms with Gasteiger partial charge in [-0.05, 0) is 31.9 Å². The van der Waals surface area contributed by atoms with Crippen LogP contribution in [0.3, 0.4) is 0 Å². The standard InChI is InChI=1S/C14H15NO2/c1-9-3-2-4-10(7-9)14-15-12-6-5-11(16)8-13(12)17-14/h2-4,7,11,16H,5-6,8H2,1H3. The molecule has 2 aromatic rings. The summed E-state index contributed by atoms with van der Waals surface area (Å²) in [5, 5.41) is 9.59. The zero-order chi connectivity index (χ0) is 11.8. The molecule has 3 heteroatoms. The van der Waals surface area contributed by atoms with E-state index in [0.29, 0.717) is 12.3 Å². The molecule has 0 radical (unpaired) electrons. The lowest BCUT2D eigenvalue weighted by atomic mass is 9.99. The lowest BCUT2D eigenvalue weighted by molar-refractivity contribution is 0.150. The highest BCUT2D eigenvalue weighted by atomic mass is 16.4. The van der Waals surface area contributed by atoms with Crippen molar-refractivity contribution in [2.75, 3.05) is 0 Å². The minimum Gasteiger partial charge on any atom is -0.441 e. The van der Waals surface area contributed by atoms with Gasteiger partial charge in [0.1, 0.15) is 5.76 Å². The van der Waals surface area contributed by atoms with Gasteiger partial charge in [0.15, 0.2) is 0 Å². The summed E-state index contributed by atoms with van der Waals surface area (Å²) in [5.74, 6) is 1.52. The highest BCUT2D eigenvalue weighted by molar-refractivity contribution is 5.55. The van der Waals surface area contributed by atoms with Gasteiger partial charge < -0.3 is 9.52 Å². The second-order valence-electron chi connectivity index (χ2n) is 4.65. The maximum Gasteiger partial charge on any atom is 0.226 e. The van der Waals surface area contributed by atoms with Crippen molar-refractivity contribution in [2.45, 2.75) is 32.3 Å². The Morgan fingerprint density at radius 2 is 2.29 bits per heavy atom. The van der Waals surface area contributed by atoms with Gasteiger partial charge in [0.2, 0.25) is 5.89 Å². The van der Waals surface area contributed by atoms with Crippen molar-refractivity contribution in [1.29, 1.82) is 0 Å². The second-order valence-corrected chi connectivity index (χ2v) is 4.65. The van der Waals surface area contributed by atoms with Crippen LogP contribution in [-0.2, 0) is 12.8 Å². The molecule has 1 heterocycles. The molecule has 17 heavy (non-hydrogen) atoms. The average Bonchev–Trinajstić information content (AvgIpc) is 2.72. The van der Waals surface area contributed by atoms with E-state index >= 15 is 0 Å². The van der Waals surface area contributed by atoms with E-state index in [2.05, 4.69) is 24.0 Å². The van der Waals surface area contributed by atoms with Gasteiger partial charge in [-0.25, -0.2) is 4.98 Å². The first-order chi connectivity index (χ1) is 8.22. The number of hydrogen-bond donors (Lipinski definition) is 1. The molecule has 88 valence electrons. The first-order valence-electron chi connectivity index (χ1n) is 5.96. The topological polar surface area (TPSA) is 46.3 Å². The lowest BCUT2D eigenvalue weighted by Crippen LogP contribution is -2.17. The van der Waals surface area contributed by atoms with E-state index in [0.717, 1.165) is 29.9 Å². The summed E-state index contributed by atoms with van der Waals surface area (Å²) in [6.07, 6.45) is 1.91. The van der Waals surface area contributed by atoms with E-state index < -0.39 is 0 Å². The molecule has 1 aliphatic rings. The van der Waals surface area contributed by atoms with Gasteiger partial charge in [-0.1, -0.05) is 17.7 Å². The van der Waals surface area contributed by atoms with Crippen molar-refractivity contribution < 1.29 is 9.52 Å². The number of benzene rings is 1. The molecule has 1 atom stereocenters. The third-order valence-corrected chi connectivity index (χ3v) is 3.18. The number of aromatic nitrogens is 1. The third-order valence-electron chi connectivity index (χ3n) is 3.18. The van der Waals surface area contributed by atoms with Crippen molar-refractivity contribution in [3.8, 4) is 11.5 Å². The van der Waals surface area contributed by atoms with Gasteiger partial charge in [0.25, 0.3) is 0 Å². The van der Waals surface area contributed by atoms with Crippen molar-refractivity contribution in [3.05, 3.63) is 41.3 Å². The number of hydrogen-bond acceptors (Lipinski definition) is 3. The first kappa shape index (κ1) is 10.5. The molecule has 1 unspecified atom stereocenters.